The Kier molecular flexibility index (Phi) is 6.11. The molecule has 9 heteroatoms. The van der Waals surface area contributed by atoms with Gasteiger partial charge in [-0.2, -0.15) is 0 Å². The first-order valence-corrected chi connectivity index (χ1v) is 9.09. The van der Waals surface area contributed by atoms with Gasteiger partial charge in [-0.25, -0.2) is 0 Å². The molecule has 0 atom stereocenters. The van der Waals surface area contributed by atoms with Crippen molar-refractivity contribution in [3.8, 4) is 0 Å². The first kappa shape index (κ1) is 20.6. The Hall–Kier alpha value is -4.14. The fourth-order valence-electron chi connectivity index (χ4n) is 2.88. The molecule has 2 amide bonds. The van der Waals surface area contributed by atoms with Crippen LogP contribution in [0.15, 0.2) is 59.0 Å². The third-order valence-electron chi connectivity index (χ3n) is 4.36. The highest BCUT2D eigenvalue weighted by molar-refractivity contribution is 6.00. The van der Waals surface area contributed by atoms with Crippen LogP contribution in [0.5, 0.6) is 0 Å². The molecule has 2 aromatic carbocycles. The molecule has 0 aliphatic heterocycles. The van der Waals surface area contributed by atoms with E-state index in [2.05, 4.69) is 16.2 Å². The maximum absolute atomic E-state index is 12.3. The minimum Gasteiger partial charge on any atom is -0.466 e. The zero-order valence-corrected chi connectivity index (χ0v) is 16.4. The quantitative estimate of drug-likeness (QED) is 0.423. The van der Waals surface area contributed by atoms with Crippen LogP contribution in [0.2, 0.25) is 0 Å². The van der Waals surface area contributed by atoms with Crippen LogP contribution in [0.3, 0.4) is 0 Å². The number of hydrogen-bond donors (Lipinski definition) is 3. The van der Waals surface area contributed by atoms with E-state index in [4.69, 9.17) is 4.42 Å². The maximum Gasteiger partial charge on any atom is 0.293 e. The van der Waals surface area contributed by atoms with Crippen LogP contribution in [-0.4, -0.2) is 16.7 Å². The van der Waals surface area contributed by atoms with E-state index in [0.29, 0.717) is 23.6 Å². The number of carbonyl (C=O) groups is 2. The van der Waals surface area contributed by atoms with E-state index < -0.39 is 16.7 Å². The summed E-state index contributed by atoms with van der Waals surface area (Å²) in [6.07, 6.45) is 0. The molecular weight excluding hydrogens is 388 g/mol. The van der Waals surface area contributed by atoms with Crippen molar-refractivity contribution in [2.75, 3.05) is 5.32 Å². The van der Waals surface area contributed by atoms with Gasteiger partial charge in [-0.05, 0) is 37.6 Å². The molecule has 0 aliphatic rings. The van der Waals surface area contributed by atoms with Crippen LogP contribution in [0.1, 0.15) is 37.8 Å². The monoisotopic (exact) mass is 408 g/mol. The number of nitrogens with zero attached hydrogens (tertiary/aromatic N) is 1. The molecule has 0 saturated heterocycles. The topological polar surface area (TPSA) is 127 Å². The molecular formula is C21H20N4O5. The zero-order chi connectivity index (χ0) is 21.7. The summed E-state index contributed by atoms with van der Waals surface area (Å²) in [4.78, 5) is 35.4. The van der Waals surface area contributed by atoms with Crippen molar-refractivity contribution in [3.05, 3.63) is 92.9 Å². The van der Waals surface area contributed by atoms with E-state index >= 15 is 0 Å². The summed E-state index contributed by atoms with van der Waals surface area (Å²) in [5.41, 5.74) is 5.86. The molecule has 1 heterocycles. The fourth-order valence-corrected chi connectivity index (χ4v) is 2.88. The Morgan fingerprint density at radius 1 is 1.00 bits per heavy atom. The lowest BCUT2D eigenvalue weighted by molar-refractivity contribution is -0.384. The van der Waals surface area contributed by atoms with E-state index in [-0.39, 0.29) is 16.9 Å². The Bertz CT molecular complexity index is 1090. The second-order valence-electron chi connectivity index (χ2n) is 6.56. The predicted octanol–water partition coefficient (Wildman–Crippen LogP) is 3.49. The predicted molar refractivity (Wildman–Crippen MR) is 110 cm³/mol. The van der Waals surface area contributed by atoms with Gasteiger partial charge < -0.3 is 9.73 Å². The number of aryl methyl sites for hydroxylation is 2. The van der Waals surface area contributed by atoms with Crippen LogP contribution in [0, 0.1) is 24.0 Å². The number of rotatable bonds is 6. The minimum absolute atomic E-state index is 0.0346. The summed E-state index contributed by atoms with van der Waals surface area (Å²) in [6.45, 7) is 3.73. The number of anilines is 1. The molecule has 0 fully saturated rings. The highest BCUT2D eigenvalue weighted by Crippen LogP contribution is 2.26. The summed E-state index contributed by atoms with van der Waals surface area (Å²) in [5.74, 6) is -0.241. The average Bonchev–Trinajstić information content (AvgIpc) is 3.08. The van der Waals surface area contributed by atoms with Gasteiger partial charge in [-0.15, -0.1) is 0 Å². The van der Waals surface area contributed by atoms with Gasteiger partial charge in [-0.1, -0.05) is 30.3 Å². The number of nitro benzene ring substituents is 1. The highest BCUT2D eigenvalue weighted by Gasteiger charge is 2.19. The van der Waals surface area contributed by atoms with Crippen molar-refractivity contribution in [1.82, 2.24) is 10.9 Å². The van der Waals surface area contributed by atoms with Crippen molar-refractivity contribution >= 4 is 23.2 Å². The first-order chi connectivity index (χ1) is 14.3. The summed E-state index contributed by atoms with van der Waals surface area (Å²) >= 11 is 0. The molecule has 0 aliphatic carbocycles. The minimum atomic E-state index is -0.682. The number of carbonyl (C=O) groups excluding carboxylic acids is 2. The number of hydrazine groups is 1. The molecule has 1 aromatic heterocycles. The molecule has 3 aromatic rings. The molecule has 154 valence electrons. The molecule has 9 nitrogen and oxygen atoms in total. The van der Waals surface area contributed by atoms with Gasteiger partial charge in [0, 0.05) is 18.2 Å². The summed E-state index contributed by atoms with van der Waals surface area (Å²) in [6, 6.07) is 15.0. The first-order valence-electron chi connectivity index (χ1n) is 9.09. The van der Waals surface area contributed by atoms with Crippen LogP contribution >= 0.6 is 0 Å². The Morgan fingerprint density at radius 3 is 2.33 bits per heavy atom. The smallest absolute Gasteiger partial charge is 0.293 e. The molecule has 0 unspecified atom stereocenters. The number of benzene rings is 2. The van der Waals surface area contributed by atoms with Crippen molar-refractivity contribution < 1.29 is 18.9 Å². The lowest BCUT2D eigenvalue weighted by Crippen LogP contribution is -2.41. The maximum atomic E-state index is 12.3. The highest BCUT2D eigenvalue weighted by atomic mass is 16.6. The Labute approximate surface area is 172 Å². The van der Waals surface area contributed by atoms with Gasteiger partial charge in [0.15, 0.2) is 0 Å². The number of nitro groups is 1. The molecule has 0 spiro atoms. The van der Waals surface area contributed by atoms with E-state index in [1.54, 1.807) is 19.9 Å². The van der Waals surface area contributed by atoms with Crippen LogP contribution in [-0.2, 0) is 6.54 Å². The summed E-state index contributed by atoms with van der Waals surface area (Å²) < 4.78 is 5.28. The van der Waals surface area contributed by atoms with E-state index in [9.17, 15) is 19.7 Å². The van der Waals surface area contributed by atoms with Gasteiger partial charge in [-0.3, -0.25) is 30.6 Å². The Balaban J connectivity index is 1.68. The summed E-state index contributed by atoms with van der Waals surface area (Å²) in [5, 5.41) is 14.5. The molecule has 3 N–H and O–H groups in total. The van der Waals surface area contributed by atoms with Crippen molar-refractivity contribution in [2.24, 2.45) is 0 Å². The van der Waals surface area contributed by atoms with E-state index in [1.807, 2.05) is 30.3 Å². The number of furan rings is 1. The Morgan fingerprint density at radius 2 is 1.70 bits per heavy atom. The molecule has 0 saturated carbocycles. The fraction of sp³-hybridized carbons (Fsp3) is 0.143. The third kappa shape index (κ3) is 4.82. The van der Waals surface area contributed by atoms with Crippen LogP contribution < -0.4 is 16.2 Å². The average molecular weight is 408 g/mol. The molecule has 0 radical (unpaired) electrons. The lowest BCUT2D eigenvalue weighted by atomic mass is 10.1. The van der Waals surface area contributed by atoms with Crippen molar-refractivity contribution in [2.45, 2.75) is 20.4 Å². The standard InChI is InChI=1S/C21H20N4O5/c1-13-10-17(14(2)30-13)21(27)24-23-20(26)16-8-9-18(19(11-16)25(28)29)22-12-15-6-4-3-5-7-15/h3-11,22H,12H2,1-2H3,(H,23,26)(H,24,27). The largest absolute Gasteiger partial charge is 0.466 e. The summed E-state index contributed by atoms with van der Waals surface area (Å²) in [7, 11) is 0. The van der Waals surface area contributed by atoms with Gasteiger partial charge in [0.2, 0.25) is 0 Å². The number of hydrogen-bond acceptors (Lipinski definition) is 6. The van der Waals surface area contributed by atoms with Gasteiger partial charge >= 0.3 is 0 Å². The second kappa shape index (κ2) is 8.91. The van der Waals surface area contributed by atoms with E-state index in [0.717, 1.165) is 11.6 Å². The molecule has 0 bridgehead atoms. The normalized spacial score (nSPS) is 10.3. The molecule has 3 rings (SSSR count). The number of amides is 2. The van der Waals surface area contributed by atoms with Crippen LogP contribution in [0.25, 0.3) is 0 Å². The lowest BCUT2D eigenvalue weighted by Gasteiger charge is -2.10. The van der Waals surface area contributed by atoms with Gasteiger partial charge in [0.25, 0.3) is 17.5 Å². The number of nitrogens with one attached hydrogen (secondary N) is 3. The third-order valence-corrected chi connectivity index (χ3v) is 4.36. The van der Waals surface area contributed by atoms with Crippen LogP contribution in [0.4, 0.5) is 11.4 Å². The van der Waals surface area contributed by atoms with Gasteiger partial charge in [0.05, 0.1) is 10.5 Å². The van der Waals surface area contributed by atoms with Gasteiger partial charge in [0.1, 0.15) is 17.2 Å². The SMILES string of the molecule is Cc1cc(C(=O)NNC(=O)c2ccc(NCc3ccccc3)c([N+](=O)[O-])c2)c(C)o1. The van der Waals surface area contributed by atoms with Crippen molar-refractivity contribution in [1.29, 1.82) is 0 Å². The van der Waals surface area contributed by atoms with E-state index in [1.165, 1.54) is 12.1 Å². The zero-order valence-electron chi connectivity index (χ0n) is 16.4. The van der Waals surface area contributed by atoms with Crippen molar-refractivity contribution in [3.63, 3.8) is 0 Å². The molecule has 30 heavy (non-hydrogen) atoms. The second-order valence-corrected chi connectivity index (χ2v) is 6.56.